The van der Waals surface area contributed by atoms with Gasteiger partial charge in [0.25, 0.3) is 0 Å². The van der Waals surface area contributed by atoms with Crippen LogP contribution in [-0.2, 0) is 0 Å². The average molecular weight is 302 g/mol. The van der Waals surface area contributed by atoms with Crippen LogP contribution in [0.2, 0.25) is 5.02 Å². The zero-order chi connectivity index (χ0) is 15.0. The number of rotatable bonds is 2. The van der Waals surface area contributed by atoms with Gasteiger partial charge in [-0.2, -0.15) is 0 Å². The van der Waals surface area contributed by atoms with E-state index in [2.05, 4.69) is 0 Å². The fraction of sp³-hybridized carbons (Fsp3) is 0.0625. The number of methoxy groups -OCH3 is 1. The monoisotopic (exact) mass is 301 g/mol. The van der Waals surface area contributed by atoms with Crippen LogP contribution in [0.15, 0.2) is 51.7 Å². The van der Waals surface area contributed by atoms with E-state index >= 15 is 0 Å². The smallest absolute Gasteiger partial charge is 0.202 e. The molecule has 0 atom stereocenters. The summed E-state index contributed by atoms with van der Waals surface area (Å²) >= 11 is 5.94. The summed E-state index contributed by atoms with van der Waals surface area (Å²) in [5.74, 6) is 0.709. The summed E-state index contributed by atoms with van der Waals surface area (Å²) in [6, 6.07) is 11.9. The van der Waals surface area contributed by atoms with Gasteiger partial charge in [-0.25, -0.2) is 0 Å². The molecule has 1 aromatic heterocycles. The van der Waals surface area contributed by atoms with Gasteiger partial charge in [0.15, 0.2) is 0 Å². The summed E-state index contributed by atoms with van der Waals surface area (Å²) in [4.78, 5) is 12.7. The highest BCUT2D eigenvalue weighted by atomic mass is 35.5. The summed E-state index contributed by atoms with van der Waals surface area (Å²) in [5.41, 5.74) is 7.05. The number of benzene rings is 2. The second kappa shape index (κ2) is 5.14. The highest BCUT2D eigenvalue weighted by Crippen LogP contribution is 2.29. The van der Waals surface area contributed by atoms with Gasteiger partial charge in [0.1, 0.15) is 11.3 Å². The lowest BCUT2D eigenvalue weighted by Gasteiger charge is -2.08. The molecule has 1 heterocycles. The van der Waals surface area contributed by atoms with Gasteiger partial charge in [-0.15, -0.1) is 0 Å². The second-order valence-electron chi connectivity index (χ2n) is 4.54. The number of hydrogen-bond acceptors (Lipinski definition) is 4. The van der Waals surface area contributed by atoms with E-state index in [1.807, 2.05) is 0 Å². The number of fused-ring (bicyclic) bond motifs is 1. The number of nitrogen functional groups attached to an aromatic ring is 1. The highest BCUT2D eigenvalue weighted by Gasteiger charge is 2.15. The molecule has 2 N–H and O–H groups in total. The third-order valence-electron chi connectivity index (χ3n) is 3.24. The molecule has 0 bridgehead atoms. The van der Waals surface area contributed by atoms with Crippen LogP contribution in [0.3, 0.4) is 0 Å². The van der Waals surface area contributed by atoms with Crippen LogP contribution in [-0.4, -0.2) is 7.11 Å². The normalized spacial score (nSPS) is 10.8. The predicted octanol–water partition coefficient (Wildman–Crippen LogP) is 3.70. The summed E-state index contributed by atoms with van der Waals surface area (Å²) < 4.78 is 10.7. The molecule has 4 nitrogen and oxygen atoms in total. The van der Waals surface area contributed by atoms with Crippen molar-refractivity contribution in [2.24, 2.45) is 0 Å². The van der Waals surface area contributed by atoms with E-state index < -0.39 is 0 Å². The first kappa shape index (κ1) is 13.5. The average Bonchev–Trinajstić information content (AvgIpc) is 2.48. The molecule has 0 saturated carbocycles. The van der Waals surface area contributed by atoms with Crippen LogP contribution in [0.4, 0.5) is 5.88 Å². The molecule has 0 fully saturated rings. The van der Waals surface area contributed by atoms with Crippen molar-refractivity contribution in [1.29, 1.82) is 0 Å². The molecular weight excluding hydrogens is 290 g/mol. The van der Waals surface area contributed by atoms with Crippen LogP contribution >= 0.6 is 11.6 Å². The lowest BCUT2D eigenvalue weighted by atomic mass is 10.0. The molecule has 0 amide bonds. The Hall–Kier alpha value is -2.46. The zero-order valence-corrected chi connectivity index (χ0v) is 12.0. The summed E-state index contributed by atoms with van der Waals surface area (Å²) in [6.07, 6.45) is 0. The molecule has 0 radical (unpaired) electrons. The van der Waals surface area contributed by atoms with E-state index in [4.69, 9.17) is 26.5 Å². The summed E-state index contributed by atoms with van der Waals surface area (Å²) in [7, 11) is 1.56. The van der Waals surface area contributed by atoms with Crippen molar-refractivity contribution in [1.82, 2.24) is 0 Å². The van der Waals surface area contributed by atoms with E-state index in [1.165, 1.54) is 0 Å². The number of nitrogens with two attached hydrogens (primary N) is 1. The SMILES string of the molecule is COc1cccc(-c2c(N)oc3ccc(Cl)cc3c2=O)c1. The van der Waals surface area contributed by atoms with Gasteiger partial charge < -0.3 is 14.9 Å². The molecule has 0 saturated heterocycles. The Labute approximate surface area is 125 Å². The molecule has 0 aliphatic heterocycles. The third-order valence-corrected chi connectivity index (χ3v) is 3.47. The van der Waals surface area contributed by atoms with Crippen molar-refractivity contribution >= 4 is 28.5 Å². The van der Waals surface area contributed by atoms with Crippen LogP contribution in [0.5, 0.6) is 5.75 Å². The lowest BCUT2D eigenvalue weighted by molar-refractivity contribution is 0.415. The molecule has 5 heteroatoms. The fourth-order valence-electron chi connectivity index (χ4n) is 2.24. The molecule has 2 aromatic carbocycles. The molecule has 0 aliphatic carbocycles. The van der Waals surface area contributed by atoms with E-state index in [-0.39, 0.29) is 11.3 Å². The first-order chi connectivity index (χ1) is 10.1. The van der Waals surface area contributed by atoms with E-state index in [1.54, 1.807) is 49.6 Å². The van der Waals surface area contributed by atoms with Crippen LogP contribution in [0.25, 0.3) is 22.1 Å². The van der Waals surface area contributed by atoms with Crippen molar-refractivity contribution in [2.75, 3.05) is 12.8 Å². The number of halogens is 1. The van der Waals surface area contributed by atoms with Crippen LogP contribution in [0.1, 0.15) is 0 Å². The van der Waals surface area contributed by atoms with Gasteiger partial charge in [0.2, 0.25) is 11.3 Å². The Kier molecular flexibility index (Phi) is 3.31. The Morgan fingerprint density at radius 1 is 1.19 bits per heavy atom. The maximum atomic E-state index is 12.7. The zero-order valence-electron chi connectivity index (χ0n) is 11.2. The second-order valence-corrected chi connectivity index (χ2v) is 4.98. The highest BCUT2D eigenvalue weighted by molar-refractivity contribution is 6.31. The van der Waals surface area contributed by atoms with Gasteiger partial charge >= 0.3 is 0 Å². The predicted molar refractivity (Wildman–Crippen MR) is 83.9 cm³/mol. The number of ether oxygens (including phenoxy) is 1. The van der Waals surface area contributed by atoms with Crippen molar-refractivity contribution in [3.8, 4) is 16.9 Å². The van der Waals surface area contributed by atoms with E-state index in [0.29, 0.717) is 32.9 Å². The van der Waals surface area contributed by atoms with Crippen molar-refractivity contribution < 1.29 is 9.15 Å². The minimum absolute atomic E-state index is 0.0723. The van der Waals surface area contributed by atoms with Gasteiger partial charge in [-0.05, 0) is 35.9 Å². The molecule has 0 spiro atoms. The molecule has 3 aromatic rings. The topological polar surface area (TPSA) is 65.5 Å². The molecule has 0 aliphatic rings. The molecule has 0 unspecified atom stereocenters. The van der Waals surface area contributed by atoms with E-state index in [0.717, 1.165) is 0 Å². The Morgan fingerprint density at radius 3 is 2.76 bits per heavy atom. The molecule has 21 heavy (non-hydrogen) atoms. The van der Waals surface area contributed by atoms with Crippen molar-refractivity contribution in [2.45, 2.75) is 0 Å². The maximum Gasteiger partial charge on any atom is 0.202 e. The van der Waals surface area contributed by atoms with Gasteiger partial charge in [-0.1, -0.05) is 23.7 Å². The standard InChI is InChI=1S/C16H12ClNO3/c1-20-11-4-2-3-9(7-11)14-15(19)12-8-10(17)5-6-13(12)21-16(14)18/h2-8H,18H2,1H3. The molecular formula is C16H12ClNO3. The van der Waals surface area contributed by atoms with Gasteiger partial charge in [-0.3, -0.25) is 4.79 Å². The van der Waals surface area contributed by atoms with Gasteiger partial charge in [0.05, 0.1) is 18.1 Å². The molecule has 106 valence electrons. The Balaban J connectivity index is 2.34. The van der Waals surface area contributed by atoms with E-state index in [9.17, 15) is 4.79 Å². The summed E-state index contributed by atoms with van der Waals surface area (Å²) in [6.45, 7) is 0. The lowest BCUT2D eigenvalue weighted by Crippen LogP contribution is -2.08. The largest absolute Gasteiger partial charge is 0.497 e. The number of anilines is 1. The van der Waals surface area contributed by atoms with Crippen molar-refractivity contribution in [3.63, 3.8) is 0 Å². The number of hydrogen-bond donors (Lipinski definition) is 1. The van der Waals surface area contributed by atoms with Crippen molar-refractivity contribution in [3.05, 3.63) is 57.7 Å². The van der Waals surface area contributed by atoms with Gasteiger partial charge in [0, 0.05) is 5.02 Å². The summed E-state index contributed by atoms with van der Waals surface area (Å²) in [5, 5.41) is 0.866. The third kappa shape index (κ3) is 2.34. The quantitative estimate of drug-likeness (QED) is 0.783. The first-order valence-corrected chi connectivity index (χ1v) is 6.64. The maximum absolute atomic E-state index is 12.7. The minimum Gasteiger partial charge on any atom is -0.497 e. The van der Waals surface area contributed by atoms with Crippen LogP contribution in [0, 0.1) is 0 Å². The first-order valence-electron chi connectivity index (χ1n) is 6.26. The van der Waals surface area contributed by atoms with Crippen LogP contribution < -0.4 is 15.9 Å². The Bertz CT molecular complexity index is 886. The molecule has 3 rings (SSSR count). The minimum atomic E-state index is -0.218. The Morgan fingerprint density at radius 2 is 2.00 bits per heavy atom. The fourth-order valence-corrected chi connectivity index (χ4v) is 2.41.